The van der Waals surface area contributed by atoms with E-state index in [2.05, 4.69) is 47.6 Å². The number of H-pyrrole nitrogens is 1. The molecule has 0 saturated carbocycles. The van der Waals surface area contributed by atoms with Gasteiger partial charge in [-0.1, -0.05) is 12.1 Å². The van der Waals surface area contributed by atoms with Crippen molar-refractivity contribution < 1.29 is 4.79 Å². The maximum Gasteiger partial charge on any atom is 0.273 e. The lowest BCUT2D eigenvalue weighted by atomic mass is 10.2. The molecular formula is C13H14BrN5O. The van der Waals surface area contributed by atoms with E-state index in [4.69, 9.17) is 0 Å². The summed E-state index contributed by atoms with van der Waals surface area (Å²) in [7, 11) is 0. The van der Waals surface area contributed by atoms with E-state index in [0.29, 0.717) is 5.69 Å². The predicted octanol–water partition coefficient (Wildman–Crippen LogP) is 1.58. The summed E-state index contributed by atoms with van der Waals surface area (Å²) in [6.45, 7) is 1.72. The van der Waals surface area contributed by atoms with Crippen LogP contribution in [0.2, 0.25) is 0 Å². The van der Waals surface area contributed by atoms with Crippen molar-refractivity contribution in [3.8, 4) is 0 Å². The minimum Gasteiger partial charge on any atom is -0.368 e. The lowest BCUT2D eigenvalue weighted by molar-refractivity contribution is 0.0935. The summed E-state index contributed by atoms with van der Waals surface area (Å²) >= 11 is 3.56. The quantitative estimate of drug-likeness (QED) is 0.892. The zero-order valence-electron chi connectivity index (χ0n) is 10.7. The van der Waals surface area contributed by atoms with Gasteiger partial charge in [-0.15, -0.1) is 0 Å². The lowest BCUT2D eigenvalue weighted by Gasteiger charge is -2.20. The van der Waals surface area contributed by atoms with Crippen molar-refractivity contribution in [3.63, 3.8) is 0 Å². The van der Waals surface area contributed by atoms with Crippen LogP contribution in [0.1, 0.15) is 16.9 Å². The fourth-order valence-corrected chi connectivity index (χ4v) is 2.91. The highest BCUT2D eigenvalue weighted by molar-refractivity contribution is 9.10. The number of carbonyl (C=O) groups excluding carboxylic acids is 1. The van der Waals surface area contributed by atoms with Crippen molar-refractivity contribution >= 4 is 27.5 Å². The van der Waals surface area contributed by atoms with Gasteiger partial charge in [-0.25, -0.2) is 0 Å². The molecule has 0 aliphatic carbocycles. The number of nitrogens with zero attached hydrogens (tertiary/aromatic N) is 3. The van der Waals surface area contributed by atoms with Crippen LogP contribution in [0.4, 0.5) is 5.69 Å². The second-order valence-corrected chi connectivity index (χ2v) is 5.57. The molecule has 0 spiro atoms. The van der Waals surface area contributed by atoms with E-state index in [1.54, 1.807) is 0 Å². The molecule has 2 N–H and O–H groups in total. The maximum atomic E-state index is 11.9. The van der Waals surface area contributed by atoms with Gasteiger partial charge >= 0.3 is 0 Å². The first-order valence-corrected chi connectivity index (χ1v) is 7.19. The predicted molar refractivity (Wildman–Crippen MR) is 78.6 cm³/mol. The smallest absolute Gasteiger partial charge is 0.273 e. The van der Waals surface area contributed by atoms with E-state index in [9.17, 15) is 4.79 Å². The van der Waals surface area contributed by atoms with Crippen LogP contribution in [0.5, 0.6) is 0 Å². The Morgan fingerprint density at radius 1 is 1.45 bits per heavy atom. The normalized spacial score (nSPS) is 18.2. The average Bonchev–Trinajstić information content (AvgIpc) is 3.10. The van der Waals surface area contributed by atoms with Crippen LogP contribution in [-0.2, 0) is 0 Å². The van der Waals surface area contributed by atoms with Gasteiger partial charge < -0.3 is 10.2 Å². The highest BCUT2D eigenvalue weighted by Gasteiger charge is 2.25. The van der Waals surface area contributed by atoms with Crippen LogP contribution in [0.25, 0.3) is 0 Å². The Labute approximate surface area is 124 Å². The summed E-state index contributed by atoms with van der Waals surface area (Å²) in [5, 5.41) is 12.8. The highest BCUT2D eigenvalue weighted by atomic mass is 79.9. The molecule has 1 fully saturated rings. The minimum atomic E-state index is -0.183. The molecule has 6 nitrogen and oxygen atoms in total. The topological polar surface area (TPSA) is 73.9 Å². The van der Waals surface area contributed by atoms with E-state index >= 15 is 0 Å². The van der Waals surface area contributed by atoms with Crippen LogP contribution in [0, 0.1) is 0 Å². The van der Waals surface area contributed by atoms with Crippen LogP contribution in [0.3, 0.4) is 0 Å². The van der Waals surface area contributed by atoms with Crippen molar-refractivity contribution in [2.45, 2.75) is 12.5 Å². The van der Waals surface area contributed by atoms with Crippen molar-refractivity contribution in [1.82, 2.24) is 20.7 Å². The number of carbonyl (C=O) groups is 1. The first-order chi connectivity index (χ1) is 9.74. The van der Waals surface area contributed by atoms with Gasteiger partial charge in [-0.05, 0) is 34.5 Å². The molecule has 0 radical (unpaired) electrons. The molecule has 0 bridgehead atoms. The number of halogens is 1. The third-order valence-electron chi connectivity index (χ3n) is 3.36. The summed E-state index contributed by atoms with van der Waals surface area (Å²) in [6, 6.07) is 8.24. The average molecular weight is 336 g/mol. The number of amides is 1. The number of aromatic nitrogens is 3. The summed E-state index contributed by atoms with van der Waals surface area (Å²) < 4.78 is 1.07. The molecule has 0 unspecified atom stereocenters. The van der Waals surface area contributed by atoms with Crippen LogP contribution in [0.15, 0.2) is 34.9 Å². The van der Waals surface area contributed by atoms with Gasteiger partial charge in [0, 0.05) is 23.6 Å². The summed E-state index contributed by atoms with van der Waals surface area (Å²) in [5.41, 5.74) is 1.48. The number of hydrogen-bond donors (Lipinski definition) is 2. The SMILES string of the molecule is O=C(N[C@H]1CCN(c2ccccc2Br)C1)c1cn[nH]n1. The monoisotopic (exact) mass is 335 g/mol. The molecule has 7 heteroatoms. The highest BCUT2D eigenvalue weighted by Crippen LogP contribution is 2.28. The Morgan fingerprint density at radius 3 is 3.05 bits per heavy atom. The zero-order chi connectivity index (χ0) is 13.9. The third kappa shape index (κ3) is 2.67. The Kier molecular flexibility index (Phi) is 3.68. The standard InChI is InChI=1S/C13H14BrN5O/c14-10-3-1-2-4-12(10)19-6-5-9(8-19)16-13(20)11-7-15-18-17-11/h1-4,7,9H,5-6,8H2,(H,16,20)(H,15,17,18)/t9-/m0/s1. The minimum absolute atomic E-state index is 0.131. The number of hydrogen-bond acceptors (Lipinski definition) is 4. The molecule has 1 aliphatic heterocycles. The Balaban J connectivity index is 1.63. The van der Waals surface area contributed by atoms with E-state index < -0.39 is 0 Å². The van der Waals surface area contributed by atoms with Crippen LogP contribution in [-0.4, -0.2) is 40.4 Å². The van der Waals surface area contributed by atoms with Crippen molar-refractivity contribution in [1.29, 1.82) is 0 Å². The van der Waals surface area contributed by atoms with Crippen molar-refractivity contribution in [2.24, 2.45) is 0 Å². The number of benzene rings is 1. The molecule has 1 atom stereocenters. The van der Waals surface area contributed by atoms with E-state index in [-0.39, 0.29) is 11.9 Å². The van der Waals surface area contributed by atoms with Gasteiger partial charge in [0.15, 0.2) is 5.69 Å². The number of aromatic amines is 1. The molecular weight excluding hydrogens is 322 g/mol. The molecule has 2 heterocycles. The first-order valence-electron chi connectivity index (χ1n) is 6.40. The Hall–Kier alpha value is -1.89. The molecule has 1 saturated heterocycles. The number of anilines is 1. The lowest BCUT2D eigenvalue weighted by Crippen LogP contribution is -2.37. The number of nitrogens with one attached hydrogen (secondary N) is 2. The number of para-hydroxylation sites is 1. The largest absolute Gasteiger partial charge is 0.368 e. The molecule has 1 amide bonds. The zero-order valence-corrected chi connectivity index (χ0v) is 12.3. The fraction of sp³-hybridized carbons (Fsp3) is 0.308. The van der Waals surface area contributed by atoms with E-state index in [1.165, 1.54) is 6.20 Å². The van der Waals surface area contributed by atoms with Gasteiger partial charge in [0.05, 0.1) is 11.9 Å². The molecule has 2 aromatic rings. The van der Waals surface area contributed by atoms with Crippen molar-refractivity contribution in [2.75, 3.05) is 18.0 Å². The second-order valence-electron chi connectivity index (χ2n) is 4.71. The van der Waals surface area contributed by atoms with Gasteiger partial charge in [-0.2, -0.15) is 15.4 Å². The first kappa shape index (κ1) is 13.1. The van der Waals surface area contributed by atoms with Gasteiger partial charge in [0.1, 0.15) is 0 Å². The van der Waals surface area contributed by atoms with E-state index in [1.807, 2.05) is 18.2 Å². The van der Waals surface area contributed by atoms with Crippen LogP contribution >= 0.6 is 15.9 Å². The van der Waals surface area contributed by atoms with Gasteiger partial charge in [0.25, 0.3) is 5.91 Å². The van der Waals surface area contributed by atoms with Gasteiger partial charge in [0.2, 0.25) is 0 Å². The number of rotatable bonds is 3. The molecule has 1 aromatic heterocycles. The molecule has 104 valence electrons. The molecule has 20 heavy (non-hydrogen) atoms. The van der Waals surface area contributed by atoms with E-state index in [0.717, 1.165) is 29.7 Å². The Morgan fingerprint density at radius 2 is 2.30 bits per heavy atom. The molecule has 3 rings (SSSR count). The summed E-state index contributed by atoms with van der Waals surface area (Å²) in [6.07, 6.45) is 2.35. The molecule has 1 aromatic carbocycles. The molecule has 1 aliphatic rings. The third-order valence-corrected chi connectivity index (χ3v) is 4.03. The van der Waals surface area contributed by atoms with Gasteiger partial charge in [-0.3, -0.25) is 4.79 Å². The van der Waals surface area contributed by atoms with Crippen LogP contribution < -0.4 is 10.2 Å². The van der Waals surface area contributed by atoms with Crippen molar-refractivity contribution in [3.05, 3.63) is 40.6 Å². The second kappa shape index (κ2) is 5.62. The maximum absolute atomic E-state index is 11.9. The summed E-state index contributed by atoms with van der Waals surface area (Å²) in [5.74, 6) is -0.183. The fourth-order valence-electron chi connectivity index (χ4n) is 2.38. The Bertz CT molecular complexity index is 601. The summed E-state index contributed by atoms with van der Waals surface area (Å²) in [4.78, 5) is 14.2.